The van der Waals surface area contributed by atoms with Crippen molar-refractivity contribution in [1.82, 2.24) is 0 Å². The average Bonchev–Trinajstić information content (AvgIpc) is 2.29. The van der Waals surface area contributed by atoms with E-state index in [2.05, 4.69) is 0 Å². The lowest BCUT2D eigenvalue weighted by Crippen LogP contribution is -2.11. The maximum Gasteiger partial charge on any atom is 0.338 e. The molecule has 4 nitrogen and oxygen atoms in total. The van der Waals surface area contributed by atoms with Crippen LogP contribution in [0, 0.1) is 0 Å². The number of carbonyl (C=O) groups excluding carboxylic acids is 3. The first-order valence-corrected chi connectivity index (χ1v) is 5.33. The van der Waals surface area contributed by atoms with E-state index in [1.807, 2.05) is 0 Å². The van der Waals surface area contributed by atoms with Crippen LogP contribution in [-0.2, 0) is 16.0 Å². The lowest BCUT2D eigenvalue weighted by molar-refractivity contribution is -0.116. The van der Waals surface area contributed by atoms with Crippen molar-refractivity contribution in [3.63, 3.8) is 0 Å². The van der Waals surface area contributed by atoms with E-state index in [0.29, 0.717) is 17.4 Å². The zero-order chi connectivity index (χ0) is 12.8. The normalized spacial score (nSPS) is 9.76. The molecule has 4 heteroatoms. The topological polar surface area (TPSA) is 60.4 Å². The van der Waals surface area contributed by atoms with Crippen LogP contribution in [0.2, 0.25) is 0 Å². The third kappa shape index (κ3) is 3.52. The van der Waals surface area contributed by atoms with Crippen molar-refractivity contribution in [2.75, 3.05) is 6.61 Å². The standard InChI is InChI=1S/C13H14O4/c1-3-17-13(16)12-7-10(8-14)4-5-11(12)6-9(2)15/h4-5,7-8H,3,6H2,1-2H3. The zero-order valence-corrected chi connectivity index (χ0v) is 9.86. The van der Waals surface area contributed by atoms with Crippen molar-refractivity contribution >= 4 is 18.0 Å². The number of Topliss-reactive ketones (excluding diaryl/α,β-unsaturated/α-hetero) is 1. The molecule has 0 spiro atoms. The summed E-state index contributed by atoms with van der Waals surface area (Å²) in [4.78, 5) is 33.4. The van der Waals surface area contributed by atoms with Gasteiger partial charge >= 0.3 is 5.97 Å². The molecule has 0 atom stereocenters. The van der Waals surface area contributed by atoms with Gasteiger partial charge in [-0.1, -0.05) is 12.1 Å². The molecule has 0 heterocycles. The number of ketones is 1. The van der Waals surface area contributed by atoms with E-state index >= 15 is 0 Å². The lowest BCUT2D eigenvalue weighted by atomic mass is 10.0. The summed E-state index contributed by atoms with van der Waals surface area (Å²) in [7, 11) is 0. The number of rotatable bonds is 5. The van der Waals surface area contributed by atoms with E-state index in [9.17, 15) is 14.4 Å². The van der Waals surface area contributed by atoms with Gasteiger partial charge in [-0.2, -0.15) is 0 Å². The van der Waals surface area contributed by atoms with Crippen molar-refractivity contribution < 1.29 is 19.1 Å². The quantitative estimate of drug-likeness (QED) is 0.575. The van der Waals surface area contributed by atoms with Crippen LogP contribution in [0.3, 0.4) is 0 Å². The summed E-state index contributed by atoms with van der Waals surface area (Å²) in [5.74, 6) is -0.554. The van der Waals surface area contributed by atoms with Crippen LogP contribution >= 0.6 is 0 Å². The number of ether oxygens (including phenoxy) is 1. The molecule has 1 aromatic carbocycles. The maximum atomic E-state index is 11.7. The van der Waals surface area contributed by atoms with Gasteiger partial charge in [0.1, 0.15) is 12.1 Å². The van der Waals surface area contributed by atoms with Crippen LogP contribution in [0.5, 0.6) is 0 Å². The molecular formula is C13H14O4. The second-order valence-electron chi connectivity index (χ2n) is 3.63. The van der Waals surface area contributed by atoms with E-state index in [0.717, 1.165) is 0 Å². The van der Waals surface area contributed by atoms with Gasteiger partial charge in [0.05, 0.1) is 12.2 Å². The van der Waals surface area contributed by atoms with Gasteiger partial charge in [0, 0.05) is 12.0 Å². The molecule has 17 heavy (non-hydrogen) atoms. The highest BCUT2D eigenvalue weighted by Gasteiger charge is 2.14. The Kier molecular flexibility index (Phi) is 4.57. The van der Waals surface area contributed by atoms with Crippen molar-refractivity contribution in [3.05, 3.63) is 34.9 Å². The fourth-order valence-corrected chi connectivity index (χ4v) is 1.49. The Bertz CT molecular complexity index is 449. The molecule has 0 aliphatic carbocycles. The summed E-state index contributed by atoms with van der Waals surface area (Å²) >= 11 is 0. The molecule has 0 aliphatic rings. The van der Waals surface area contributed by atoms with Gasteiger partial charge in [-0.25, -0.2) is 4.79 Å². The van der Waals surface area contributed by atoms with Crippen molar-refractivity contribution in [3.8, 4) is 0 Å². The molecule has 0 fully saturated rings. The van der Waals surface area contributed by atoms with E-state index in [-0.39, 0.29) is 24.4 Å². The van der Waals surface area contributed by atoms with Gasteiger partial charge in [-0.15, -0.1) is 0 Å². The third-order valence-electron chi connectivity index (χ3n) is 2.20. The molecule has 0 N–H and O–H groups in total. The van der Waals surface area contributed by atoms with E-state index in [1.54, 1.807) is 19.1 Å². The Morgan fingerprint density at radius 1 is 1.35 bits per heavy atom. The zero-order valence-electron chi connectivity index (χ0n) is 9.86. The van der Waals surface area contributed by atoms with Crippen LogP contribution in [0.1, 0.15) is 40.1 Å². The highest BCUT2D eigenvalue weighted by Crippen LogP contribution is 2.14. The highest BCUT2D eigenvalue weighted by molar-refractivity contribution is 5.95. The van der Waals surface area contributed by atoms with Crippen LogP contribution in [0.25, 0.3) is 0 Å². The van der Waals surface area contributed by atoms with Gasteiger partial charge in [0.15, 0.2) is 0 Å². The SMILES string of the molecule is CCOC(=O)c1cc(C=O)ccc1CC(C)=O. The Balaban J connectivity index is 3.15. The van der Waals surface area contributed by atoms with Crippen LogP contribution in [0.15, 0.2) is 18.2 Å². The van der Waals surface area contributed by atoms with E-state index < -0.39 is 5.97 Å². The summed E-state index contributed by atoms with van der Waals surface area (Å²) in [6, 6.07) is 4.63. The Hall–Kier alpha value is -1.97. The van der Waals surface area contributed by atoms with Gasteiger partial charge in [0.25, 0.3) is 0 Å². The van der Waals surface area contributed by atoms with E-state index in [4.69, 9.17) is 4.74 Å². The molecule has 0 saturated carbocycles. The molecule has 0 aromatic heterocycles. The highest BCUT2D eigenvalue weighted by atomic mass is 16.5. The van der Waals surface area contributed by atoms with Crippen molar-refractivity contribution in [1.29, 1.82) is 0 Å². The number of aldehydes is 1. The molecule has 1 aromatic rings. The maximum absolute atomic E-state index is 11.7. The number of esters is 1. The molecule has 1 rings (SSSR count). The molecule has 90 valence electrons. The predicted molar refractivity (Wildman–Crippen MR) is 62.2 cm³/mol. The monoisotopic (exact) mass is 234 g/mol. The fourth-order valence-electron chi connectivity index (χ4n) is 1.49. The summed E-state index contributed by atoms with van der Waals surface area (Å²) in [5, 5.41) is 0. The smallest absolute Gasteiger partial charge is 0.338 e. The van der Waals surface area contributed by atoms with Crippen molar-refractivity contribution in [2.24, 2.45) is 0 Å². The van der Waals surface area contributed by atoms with Crippen LogP contribution < -0.4 is 0 Å². The second kappa shape index (κ2) is 5.94. The molecular weight excluding hydrogens is 220 g/mol. The molecule has 0 aliphatic heterocycles. The predicted octanol–water partition coefficient (Wildman–Crippen LogP) is 1.81. The number of benzene rings is 1. The molecule has 0 unspecified atom stereocenters. The molecule has 0 radical (unpaired) electrons. The summed E-state index contributed by atoms with van der Waals surface area (Å²) in [6.45, 7) is 3.40. The molecule has 0 amide bonds. The first-order chi connectivity index (χ1) is 8.08. The Labute approximate surface area is 99.6 Å². The molecule has 0 bridgehead atoms. The van der Waals surface area contributed by atoms with Crippen molar-refractivity contribution in [2.45, 2.75) is 20.3 Å². The van der Waals surface area contributed by atoms with Gasteiger partial charge in [-0.05, 0) is 25.5 Å². The minimum atomic E-state index is -0.507. The van der Waals surface area contributed by atoms with Gasteiger partial charge in [0.2, 0.25) is 0 Å². The minimum Gasteiger partial charge on any atom is -0.462 e. The van der Waals surface area contributed by atoms with E-state index in [1.165, 1.54) is 13.0 Å². The first-order valence-electron chi connectivity index (χ1n) is 5.33. The second-order valence-corrected chi connectivity index (χ2v) is 3.63. The number of hydrogen-bond acceptors (Lipinski definition) is 4. The van der Waals surface area contributed by atoms with Gasteiger partial charge < -0.3 is 4.74 Å². The Morgan fingerprint density at radius 2 is 2.06 bits per heavy atom. The first kappa shape index (κ1) is 13.1. The fraction of sp³-hybridized carbons (Fsp3) is 0.308. The molecule has 0 saturated heterocycles. The number of hydrogen-bond donors (Lipinski definition) is 0. The summed E-state index contributed by atoms with van der Waals surface area (Å²) < 4.78 is 4.88. The van der Waals surface area contributed by atoms with Crippen LogP contribution in [-0.4, -0.2) is 24.6 Å². The lowest BCUT2D eigenvalue weighted by Gasteiger charge is -2.08. The largest absolute Gasteiger partial charge is 0.462 e. The third-order valence-corrected chi connectivity index (χ3v) is 2.20. The number of carbonyl (C=O) groups is 3. The Morgan fingerprint density at radius 3 is 2.59 bits per heavy atom. The minimum absolute atomic E-state index is 0.0469. The van der Waals surface area contributed by atoms with Crippen LogP contribution in [0.4, 0.5) is 0 Å². The average molecular weight is 234 g/mol. The summed E-state index contributed by atoms with van der Waals surface area (Å²) in [6.07, 6.45) is 0.813. The summed E-state index contributed by atoms with van der Waals surface area (Å²) in [5.41, 5.74) is 1.26. The van der Waals surface area contributed by atoms with Gasteiger partial charge in [-0.3, -0.25) is 9.59 Å².